The molecule has 0 atom stereocenters. The maximum absolute atomic E-state index is 12.1. The summed E-state index contributed by atoms with van der Waals surface area (Å²) in [7, 11) is -3.60. The summed E-state index contributed by atoms with van der Waals surface area (Å²) in [6, 6.07) is 11.1. The van der Waals surface area contributed by atoms with Gasteiger partial charge >= 0.3 is 6.18 Å². The first kappa shape index (κ1) is 18.3. The lowest BCUT2D eigenvalue weighted by Gasteiger charge is -2.04. The lowest BCUT2D eigenvalue weighted by Crippen LogP contribution is -2.36. The summed E-state index contributed by atoms with van der Waals surface area (Å²) >= 11 is 0. The van der Waals surface area contributed by atoms with Gasteiger partial charge in [-0.3, -0.25) is 4.18 Å². The van der Waals surface area contributed by atoms with Crippen molar-refractivity contribution in [2.45, 2.75) is 19.1 Å². The Morgan fingerprint density at radius 2 is 1.73 bits per heavy atom. The van der Waals surface area contributed by atoms with Crippen molar-refractivity contribution in [2.75, 3.05) is 7.11 Å². The highest BCUT2D eigenvalue weighted by atomic mass is 32.3. The van der Waals surface area contributed by atoms with Crippen LogP contribution < -0.4 is 4.57 Å². The minimum absolute atomic E-state index is 0.0369. The Kier molecular flexibility index (Phi) is 6.27. The van der Waals surface area contributed by atoms with Crippen molar-refractivity contribution in [1.82, 2.24) is 0 Å². The van der Waals surface area contributed by atoms with Gasteiger partial charge in [-0.05, 0) is 12.1 Å². The molecule has 22 heavy (non-hydrogen) atoms. The standard InChI is InChI=1S/C12H11F3N.CH4O4S/c13-12(14,15)7-9-16-8-3-5-10-4-1-2-6-11(10)16;1-5-6(2,3)4/h1-6,8H,7,9H2;1H3,(H,2,3,4)/q+1;/p-1. The second-order valence-electron chi connectivity index (χ2n) is 4.20. The molecular weight excluding hydrogens is 323 g/mol. The molecule has 0 aliphatic heterocycles. The lowest BCUT2D eigenvalue weighted by molar-refractivity contribution is -0.675. The Bertz CT molecular complexity index is 711. The predicted molar refractivity (Wildman–Crippen MR) is 71.5 cm³/mol. The van der Waals surface area contributed by atoms with Crippen molar-refractivity contribution in [3.05, 3.63) is 42.6 Å². The van der Waals surface area contributed by atoms with Gasteiger partial charge in [-0.15, -0.1) is 0 Å². The number of nitrogens with zero attached hydrogens (tertiary/aromatic N) is 1. The van der Waals surface area contributed by atoms with Crippen molar-refractivity contribution in [3.8, 4) is 0 Å². The Labute approximate surface area is 125 Å². The molecule has 0 saturated heterocycles. The van der Waals surface area contributed by atoms with E-state index in [2.05, 4.69) is 4.18 Å². The van der Waals surface area contributed by atoms with Gasteiger partial charge in [0.05, 0.1) is 7.11 Å². The molecule has 2 rings (SSSR count). The Balaban J connectivity index is 0.000000346. The van der Waals surface area contributed by atoms with Crippen LogP contribution in [-0.2, 0) is 21.1 Å². The molecule has 1 aromatic carbocycles. The maximum Gasteiger partial charge on any atom is 0.395 e. The van der Waals surface area contributed by atoms with Crippen molar-refractivity contribution in [2.24, 2.45) is 0 Å². The molecule has 0 fully saturated rings. The van der Waals surface area contributed by atoms with Crippen LogP contribution in [0.1, 0.15) is 6.42 Å². The van der Waals surface area contributed by atoms with Crippen LogP contribution in [0.5, 0.6) is 0 Å². The van der Waals surface area contributed by atoms with E-state index in [1.165, 1.54) is 0 Å². The van der Waals surface area contributed by atoms with Crippen LogP contribution in [0, 0.1) is 0 Å². The normalized spacial score (nSPS) is 11.9. The first-order valence-corrected chi connectivity index (χ1v) is 7.41. The van der Waals surface area contributed by atoms with E-state index in [0.717, 1.165) is 18.0 Å². The molecule has 0 bridgehead atoms. The monoisotopic (exact) mass is 337 g/mol. The number of hydrogen-bond donors (Lipinski definition) is 0. The SMILES string of the molecule is COS(=O)(=O)[O-].FC(F)(F)CC[n+]1cccc2ccccc21. The molecule has 9 heteroatoms. The van der Waals surface area contributed by atoms with Gasteiger partial charge in [0, 0.05) is 17.5 Å². The summed E-state index contributed by atoms with van der Waals surface area (Å²) in [5.41, 5.74) is 0.828. The van der Waals surface area contributed by atoms with E-state index >= 15 is 0 Å². The largest absolute Gasteiger partial charge is 0.726 e. The molecule has 122 valence electrons. The van der Waals surface area contributed by atoms with E-state index < -0.39 is 23.0 Å². The predicted octanol–water partition coefficient (Wildman–Crippen LogP) is 2.17. The van der Waals surface area contributed by atoms with Gasteiger partial charge < -0.3 is 4.55 Å². The molecule has 0 aliphatic carbocycles. The first-order chi connectivity index (χ1) is 10.1. The molecule has 5 nitrogen and oxygen atoms in total. The molecule has 0 spiro atoms. The fourth-order valence-electron chi connectivity index (χ4n) is 1.66. The van der Waals surface area contributed by atoms with Gasteiger partial charge in [0.2, 0.25) is 15.9 Å². The highest BCUT2D eigenvalue weighted by molar-refractivity contribution is 7.80. The van der Waals surface area contributed by atoms with Gasteiger partial charge in [-0.2, -0.15) is 17.7 Å². The third-order valence-corrected chi connectivity index (χ3v) is 3.04. The quantitative estimate of drug-likeness (QED) is 0.489. The zero-order valence-corrected chi connectivity index (χ0v) is 12.4. The summed E-state index contributed by atoms with van der Waals surface area (Å²) in [6.07, 6.45) is -3.23. The molecule has 2 aromatic rings. The topological polar surface area (TPSA) is 70.3 Å². The summed E-state index contributed by atoms with van der Waals surface area (Å²) in [6.45, 7) is -0.0369. The highest BCUT2D eigenvalue weighted by Crippen LogP contribution is 2.19. The zero-order chi connectivity index (χ0) is 16.8. The third kappa shape index (κ3) is 6.83. The number of pyridine rings is 1. The second kappa shape index (κ2) is 7.52. The second-order valence-corrected chi connectivity index (χ2v) is 5.35. The van der Waals surface area contributed by atoms with Crippen molar-refractivity contribution >= 4 is 21.3 Å². The van der Waals surface area contributed by atoms with Gasteiger partial charge in [0.1, 0.15) is 6.42 Å². The lowest BCUT2D eigenvalue weighted by atomic mass is 10.2. The van der Waals surface area contributed by atoms with E-state index in [4.69, 9.17) is 0 Å². The fraction of sp³-hybridized carbons (Fsp3) is 0.308. The molecule has 0 radical (unpaired) electrons. The minimum atomic E-state index is -4.41. The van der Waals surface area contributed by atoms with Gasteiger partial charge in [-0.1, -0.05) is 12.1 Å². The Morgan fingerprint density at radius 3 is 2.27 bits per heavy atom. The molecule has 1 aromatic heterocycles. The number of rotatable bonds is 3. The van der Waals surface area contributed by atoms with Gasteiger partial charge in [-0.25, -0.2) is 8.42 Å². The van der Waals surface area contributed by atoms with Crippen molar-refractivity contribution < 1.29 is 34.9 Å². The van der Waals surface area contributed by atoms with E-state index in [-0.39, 0.29) is 6.54 Å². The number of aromatic nitrogens is 1. The Hall–Kier alpha value is -1.71. The molecule has 0 amide bonds. The van der Waals surface area contributed by atoms with Gasteiger partial charge in [0.15, 0.2) is 12.7 Å². The maximum atomic E-state index is 12.1. The summed E-state index contributed by atoms with van der Waals surface area (Å²) in [4.78, 5) is 0. The number of hydrogen-bond acceptors (Lipinski definition) is 4. The highest BCUT2D eigenvalue weighted by Gasteiger charge is 2.29. The average Bonchev–Trinajstić information content (AvgIpc) is 2.44. The number of alkyl halides is 3. The minimum Gasteiger partial charge on any atom is -0.726 e. The molecular formula is C13H14F3NO4S. The number of benzene rings is 1. The van der Waals surface area contributed by atoms with Crippen LogP contribution in [0.4, 0.5) is 13.2 Å². The Morgan fingerprint density at radius 1 is 1.18 bits per heavy atom. The molecule has 0 unspecified atom stereocenters. The third-order valence-electron chi connectivity index (χ3n) is 2.63. The summed E-state index contributed by atoms with van der Waals surface area (Å²) < 4.78 is 69.0. The number of para-hydroxylation sites is 1. The van der Waals surface area contributed by atoms with Crippen LogP contribution in [0.3, 0.4) is 0 Å². The number of fused-ring (bicyclic) bond motifs is 1. The molecule has 1 heterocycles. The van der Waals surface area contributed by atoms with Crippen molar-refractivity contribution in [1.29, 1.82) is 0 Å². The zero-order valence-electron chi connectivity index (χ0n) is 11.6. The molecule has 0 N–H and O–H groups in total. The summed E-state index contributed by atoms with van der Waals surface area (Å²) in [5.74, 6) is 0. The molecule has 0 saturated carbocycles. The number of halogens is 3. The summed E-state index contributed by atoms with van der Waals surface area (Å²) in [5, 5.41) is 0.951. The van der Waals surface area contributed by atoms with Crippen molar-refractivity contribution in [3.63, 3.8) is 0 Å². The van der Waals surface area contributed by atoms with E-state index in [1.54, 1.807) is 16.8 Å². The van der Waals surface area contributed by atoms with Crippen LogP contribution in [0.15, 0.2) is 42.6 Å². The van der Waals surface area contributed by atoms with Gasteiger partial charge in [0.25, 0.3) is 0 Å². The van der Waals surface area contributed by atoms with Crippen LogP contribution in [0.2, 0.25) is 0 Å². The smallest absolute Gasteiger partial charge is 0.395 e. The molecule has 0 aliphatic rings. The average molecular weight is 337 g/mol. The number of aryl methyl sites for hydroxylation is 1. The van der Waals surface area contributed by atoms with E-state index in [0.29, 0.717) is 0 Å². The van der Waals surface area contributed by atoms with Crippen LogP contribution in [0.25, 0.3) is 10.9 Å². The fourth-order valence-corrected chi connectivity index (χ4v) is 1.66. The first-order valence-electron chi connectivity index (χ1n) is 6.08. The van der Waals surface area contributed by atoms with Crippen LogP contribution in [-0.4, -0.2) is 26.3 Å². The van der Waals surface area contributed by atoms with E-state index in [9.17, 15) is 26.1 Å². The van der Waals surface area contributed by atoms with Crippen LogP contribution >= 0.6 is 0 Å². The van der Waals surface area contributed by atoms with E-state index in [1.807, 2.05) is 30.3 Å².